The summed E-state index contributed by atoms with van der Waals surface area (Å²) in [6.07, 6.45) is 14.5. The van der Waals surface area contributed by atoms with E-state index in [2.05, 4.69) is 31.2 Å². The van der Waals surface area contributed by atoms with Crippen LogP contribution in [-0.4, -0.2) is 38.1 Å². The van der Waals surface area contributed by atoms with Gasteiger partial charge in [-0.15, -0.1) is 12.4 Å². The van der Waals surface area contributed by atoms with Crippen molar-refractivity contribution in [2.75, 3.05) is 32.1 Å². The molecule has 0 aromatic heterocycles. The van der Waals surface area contributed by atoms with Crippen LogP contribution in [0.2, 0.25) is 0 Å². The van der Waals surface area contributed by atoms with Gasteiger partial charge in [0.1, 0.15) is 0 Å². The number of carbonyl (C=O) groups is 1. The van der Waals surface area contributed by atoms with Crippen LogP contribution in [0.5, 0.6) is 0 Å². The second kappa shape index (κ2) is 18.3. The topological polar surface area (TPSA) is 35.6 Å². The van der Waals surface area contributed by atoms with Gasteiger partial charge in [-0.25, -0.2) is 5.01 Å². The highest BCUT2D eigenvalue weighted by molar-refractivity contribution is 5.94. The zero-order valence-corrected chi connectivity index (χ0v) is 21.6. The van der Waals surface area contributed by atoms with Gasteiger partial charge in [0.2, 0.25) is 0 Å². The van der Waals surface area contributed by atoms with Gasteiger partial charge >= 0.3 is 0 Å². The van der Waals surface area contributed by atoms with Crippen molar-refractivity contribution in [3.63, 3.8) is 0 Å². The molecule has 0 atom stereocenters. The van der Waals surface area contributed by atoms with Crippen molar-refractivity contribution in [2.24, 2.45) is 5.92 Å². The third-order valence-corrected chi connectivity index (χ3v) is 5.61. The normalized spacial score (nSPS) is 10.9. The van der Waals surface area contributed by atoms with Gasteiger partial charge in [0.15, 0.2) is 0 Å². The second-order valence-corrected chi connectivity index (χ2v) is 9.23. The number of carbonyl (C=O) groups excluding carboxylic acids is 1. The third kappa shape index (κ3) is 14.4. The Balaban J connectivity index is 0.00000900. The molecule has 0 aliphatic heterocycles. The molecule has 0 radical (unpaired) electrons. The highest BCUT2D eigenvalue weighted by Crippen LogP contribution is 2.14. The minimum Gasteiger partial charge on any atom is -0.378 e. The van der Waals surface area contributed by atoms with Crippen molar-refractivity contribution >= 4 is 24.0 Å². The average Bonchev–Trinajstić information content (AvgIpc) is 2.71. The summed E-state index contributed by atoms with van der Waals surface area (Å²) in [6.45, 7) is 8.62. The molecule has 0 saturated heterocycles. The van der Waals surface area contributed by atoms with Gasteiger partial charge < -0.3 is 4.90 Å². The molecular formula is C26H48ClN3O. The zero-order valence-electron chi connectivity index (χ0n) is 20.8. The van der Waals surface area contributed by atoms with E-state index in [1.807, 2.05) is 43.3 Å². The van der Waals surface area contributed by atoms with Crippen LogP contribution in [0.4, 0.5) is 5.69 Å². The first-order chi connectivity index (χ1) is 14.4. The van der Waals surface area contributed by atoms with Crippen LogP contribution >= 0.6 is 12.4 Å². The minimum absolute atomic E-state index is 0. The Hall–Kier alpha value is -1.26. The maximum absolute atomic E-state index is 12.6. The SMILES string of the molecule is CCCN(CCCCCCCCCCCC(C)C)NC(=O)c1ccc(N(C)C)cc1.Cl. The lowest BCUT2D eigenvalue weighted by molar-refractivity contribution is 0.0784. The van der Waals surface area contributed by atoms with Gasteiger partial charge in [0.05, 0.1) is 0 Å². The van der Waals surface area contributed by atoms with Crippen molar-refractivity contribution in [1.82, 2.24) is 10.4 Å². The third-order valence-electron chi connectivity index (χ3n) is 5.61. The minimum atomic E-state index is -0.00813. The fourth-order valence-corrected chi connectivity index (χ4v) is 3.71. The smallest absolute Gasteiger partial charge is 0.265 e. The highest BCUT2D eigenvalue weighted by Gasteiger charge is 2.11. The van der Waals surface area contributed by atoms with E-state index in [0.29, 0.717) is 0 Å². The second-order valence-electron chi connectivity index (χ2n) is 9.23. The van der Waals surface area contributed by atoms with Crippen molar-refractivity contribution in [2.45, 2.75) is 91.4 Å². The summed E-state index contributed by atoms with van der Waals surface area (Å²) >= 11 is 0. The van der Waals surface area contributed by atoms with Gasteiger partial charge in [-0.1, -0.05) is 78.6 Å². The molecule has 0 aliphatic rings. The molecule has 5 heteroatoms. The molecule has 180 valence electrons. The first kappa shape index (κ1) is 29.7. The van der Waals surface area contributed by atoms with E-state index in [1.54, 1.807) is 0 Å². The predicted octanol–water partition coefficient (Wildman–Crippen LogP) is 7.09. The number of anilines is 1. The molecule has 0 unspecified atom stereocenters. The van der Waals surface area contributed by atoms with E-state index >= 15 is 0 Å². The van der Waals surface area contributed by atoms with E-state index in [-0.39, 0.29) is 18.3 Å². The summed E-state index contributed by atoms with van der Waals surface area (Å²) in [7, 11) is 4.01. The molecule has 4 nitrogen and oxygen atoms in total. The lowest BCUT2D eigenvalue weighted by atomic mass is 10.0. The number of nitrogens with one attached hydrogen (secondary N) is 1. The highest BCUT2D eigenvalue weighted by atomic mass is 35.5. The number of hydrogen-bond donors (Lipinski definition) is 1. The van der Waals surface area contributed by atoms with Crippen molar-refractivity contribution in [3.8, 4) is 0 Å². The van der Waals surface area contributed by atoms with E-state index in [9.17, 15) is 4.79 Å². The Kier molecular flexibility index (Phi) is 17.6. The molecule has 1 rings (SSSR count). The monoisotopic (exact) mass is 453 g/mol. The number of unbranched alkanes of at least 4 members (excludes halogenated alkanes) is 8. The number of nitrogens with zero attached hydrogens (tertiary/aromatic N) is 2. The maximum atomic E-state index is 12.6. The number of hydrazine groups is 1. The van der Waals surface area contributed by atoms with Crippen LogP contribution in [-0.2, 0) is 0 Å². The first-order valence-corrected chi connectivity index (χ1v) is 12.3. The quantitative estimate of drug-likeness (QED) is 0.202. The van der Waals surface area contributed by atoms with Crippen molar-refractivity contribution < 1.29 is 4.79 Å². The summed E-state index contributed by atoms with van der Waals surface area (Å²) in [5, 5.41) is 2.09. The van der Waals surface area contributed by atoms with Crippen LogP contribution < -0.4 is 10.3 Å². The van der Waals surface area contributed by atoms with Crippen LogP contribution in [0.25, 0.3) is 0 Å². The summed E-state index contributed by atoms with van der Waals surface area (Å²) < 4.78 is 0. The predicted molar refractivity (Wildman–Crippen MR) is 138 cm³/mol. The summed E-state index contributed by atoms with van der Waals surface area (Å²) in [6, 6.07) is 7.78. The number of rotatable bonds is 17. The zero-order chi connectivity index (χ0) is 22.2. The van der Waals surface area contributed by atoms with Gasteiger partial charge in [-0.3, -0.25) is 10.2 Å². The number of halogens is 1. The number of amides is 1. The molecule has 0 fully saturated rings. The van der Waals surface area contributed by atoms with Gasteiger partial charge in [0.25, 0.3) is 5.91 Å². The maximum Gasteiger partial charge on any atom is 0.265 e. The van der Waals surface area contributed by atoms with E-state index < -0.39 is 0 Å². The van der Waals surface area contributed by atoms with Crippen LogP contribution in [0.15, 0.2) is 24.3 Å². The molecule has 1 aromatic carbocycles. The molecule has 1 amide bonds. The van der Waals surface area contributed by atoms with Crippen LogP contribution in [0.3, 0.4) is 0 Å². The number of benzene rings is 1. The Bertz CT molecular complexity index is 560. The summed E-state index contributed by atoms with van der Waals surface area (Å²) in [5.41, 5.74) is 4.92. The Morgan fingerprint density at radius 1 is 0.839 bits per heavy atom. The molecular weight excluding hydrogens is 406 g/mol. The van der Waals surface area contributed by atoms with E-state index in [4.69, 9.17) is 0 Å². The molecule has 0 spiro atoms. The molecule has 1 aromatic rings. The molecule has 0 saturated carbocycles. The first-order valence-electron chi connectivity index (χ1n) is 12.3. The summed E-state index contributed by atoms with van der Waals surface area (Å²) in [4.78, 5) is 14.6. The largest absolute Gasteiger partial charge is 0.378 e. The van der Waals surface area contributed by atoms with E-state index in [0.717, 1.165) is 43.1 Å². The van der Waals surface area contributed by atoms with E-state index in [1.165, 1.54) is 57.8 Å². The molecule has 31 heavy (non-hydrogen) atoms. The Morgan fingerprint density at radius 2 is 1.35 bits per heavy atom. The lowest BCUT2D eigenvalue weighted by Crippen LogP contribution is -2.43. The van der Waals surface area contributed by atoms with Gasteiger partial charge in [-0.05, 0) is 43.0 Å². The van der Waals surface area contributed by atoms with Gasteiger partial charge in [-0.2, -0.15) is 0 Å². The van der Waals surface area contributed by atoms with Crippen LogP contribution in [0.1, 0.15) is 102 Å². The molecule has 0 aliphatic carbocycles. The molecule has 1 N–H and O–H groups in total. The van der Waals surface area contributed by atoms with Crippen molar-refractivity contribution in [1.29, 1.82) is 0 Å². The Morgan fingerprint density at radius 3 is 1.84 bits per heavy atom. The van der Waals surface area contributed by atoms with Gasteiger partial charge in [0, 0.05) is 38.4 Å². The standard InChI is InChI=1S/C26H47N3O.ClH/c1-6-21-29(27-26(30)24-17-19-25(20-18-24)28(4)5)22-15-13-11-9-7-8-10-12-14-16-23(2)3;/h17-20,23H,6-16,21-22H2,1-5H3,(H,27,30);1H. The fourth-order valence-electron chi connectivity index (χ4n) is 3.71. The lowest BCUT2D eigenvalue weighted by Gasteiger charge is -2.23. The van der Waals surface area contributed by atoms with Crippen LogP contribution in [0, 0.1) is 5.92 Å². The molecule has 0 bridgehead atoms. The molecule has 0 heterocycles. The average molecular weight is 454 g/mol. The van der Waals surface area contributed by atoms with Crippen molar-refractivity contribution in [3.05, 3.63) is 29.8 Å². The number of hydrogen-bond acceptors (Lipinski definition) is 3. The Labute approximate surface area is 198 Å². The summed E-state index contributed by atoms with van der Waals surface area (Å²) in [5.74, 6) is 0.844. The fraction of sp³-hybridized carbons (Fsp3) is 0.731.